The summed E-state index contributed by atoms with van der Waals surface area (Å²) in [6, 6.07) is 5.02. The van der Waals surface area contributed by atoms with Crippen molar-refractivity contribution in [3.8, 4) is 0 Å². The van der Waals surface area contributed by atoms with Crippen LogP contribution in [0.3, 0.4) is 0 Å². The van der Waals surface area contributed by atoms with Gasteiger partial charge in [0.05, 0.1) is 5.60 Å². The molecule has 2 nitrogen and oxygen atoms in total. The maximum Gasteiger partial charge on any atom is 0.0838 e. The Hall–Kier alpha value is -0.380. The van der Waals surface area contributed by atoms with Gasteiger partial charge in [0, 0.05) is 22.4 Å². The number of rotatable bonds is 7. The van der Waals surface area contributed by atoms with Crippen molar-refractivity contribution in [1.29, 1.82) is 0 Å². The third kappa shape index (κ3) is 4.30. The van der Waals surface area contributed by atoms with Crippen LogP contribution in [-0.4, -0.2) is 25.3 Å². The molecule has 0 aromatic carbocycles. The molecule has 1 aliphatic carbocycles. The van der Waals surface area contributed by atoms with Gasteiger partial charge in [-0.1, -0.05) is 32.6 Å². The molecular weight excluding hydrogens is 278 g/mol. The highest BCUT2D eigenvalue weighted by Crippen LogP contribution is 2.35. The Kier molecular flexibility index (Phi) is 6.72. The summed E-state index contributed by atoms with van der Waals surface area (Å²) in [4.78, 5) is 2.99. The monoisotopic (exact) mass is 309 g/mol. The zero-order valence-corrected chi connectivity index (χ0v) is 14.7. The molecule has 1 aliphatic rings. The number of hydrogen-bond donors (Lipinski definition) is 1. The van der Waals surface area contributed by atoms with Crippen molar-refractivity contribution in [2.24, 2.45) is 0 Å². The second-order valence-electron chi connectivity index (χ2n) is 6.18. The number of aryl methyl sites for hydroxylation is 1. The van der Waals surface area contributed by atoms with Gasteiger partial charge in [-0.05, 0) is 51.8 Å². The zero-order valence-electron chi connectivity index (χ0n) is 13.9. The Balaban J connectivity index is 2.14. The van der Waals surface area contributed by atoms with Gasteiger partial charge >= 0.3 is 0 Å². The van der Waals surface area contributed by atoms with E-state index >= 15 is 0 Å². The molecule has 0 bridgehead atoms. The Morgan fingerprint density at radius 3 is 2.33 bits per heavy atom. The lowest BCUT2D eigenvalue weighted by atomic mass is 9.84. The Bertz CT molecular complexity index is 407. The number of hydrogen-bond acceptors (Lipinski definition) is 3. The largest absolute Gasteiger partial charge is 0.374 e. The van der Waals surface area contributed by atoms with Gasteiger partial charge in [0.2, 0.25) is 0 Å². The molecule has 0 aliphatic heterocycles. The predicted molar refractivity (Wildman–Crippen MR) is 92.3 cm³/mol. The Morgan fingerprint density at radius 2 is 1.81 bits per heavy atom. The molecule has 120 valence electrons. The number of nitrogens with one attached hydrogen (secondary N) is 1. The van der Waals surface area contributed by atoms with Crippen molar-refractivity contribution in [2.75, 3.05) is 13.7 Å². The molecule has 1 aromatic heterocycles. The van der Waals surface area contributed by atoms with Crippen molar-refractivity contribution in [3.05, 3.63) is 21.9 Å². The van der Waals surface area contributed by atoms with Crippen LogP contribution in [0.15, 0.2) is 12.1 Å². The highest BCUT2D eigenvalue weighted by Gasteiger charge is 2.39. The van der Waals surface area contributed by atoms with E-state index < -0.39 is 0 Å². The van der Waals surface area contributed by atoms with E-state index in [1.165, 1.54) is 48.3 Å². The number of thiophene rings is 1. The summed E-state index contributed by atoms with van der Waals surface area (Å²) in [5, 5.41) is 3.58. The first-order chi connectivity index (χ1) is 10.2. The first-order valence-corrected chi connectivity index (χ1v) is 9.44. The maximum atomic E-state index is 6.35. The van der Waals surface area contributed by atoms with E-state index in [1.54, 1.807) is 0 Å². The molecule has 2 rings (SSSR count). The second kappa shape index (κ2) is 8.30. The van der Waals surface area contributed by atoms with Crippen LogP contribution >= 0.6 is 11.3 Å². The molecule has 0 saturated heterocycles. The zero-order chi connectivity index (χ0) is 15.1. The van der Waals surface area contributed by atoms with E-state index in [9.17, 15) is 0 Å². The Labute approximate surface area is 134 Å². The smallest absolute Gasteiger partial charge is 0.0838 e. The van der Waals surface area contributed by atoms with Gasteiger partial charge in [0.25, 0.3) is 0 Å². The van der Waals surface area contributed by atoms with Crippen molar-refractivity contribution in [2.45, 2.75) is 76.9 Å². The average molecular weight is 310 g/mol. The third-order valence-electron chi connectivity index (χ3n) is 4.84. The maximum absolute atomic E-state index is 6.35. The lowest BCUT2D eigenvalue weighted by Gasteiger charge is -2.40. The second-order valence-corrected chi connectivity index (χ2v) is 7.43. The molecular formula is C18H31NOS. The summed E-state index contributed by atoms with van der Waals surface area (Å²) >= 11 is 1.97. The molecule has 1 saturated carbocycles. The third-order valence-corrected chi connectivity index (χ3v) is 6.09. The van der Waals surface area contributed by atoms with Crippen LogP contribution in [0.2, 0.25) is 0 Å². The van der Waals surface area contributed by atoms with E-state index in [2.05, 4.69) is 38.3 Å². The fraction of sp³-hybridized carbons (Fsp3) is 0.778. The van der Waals surface area contributed by atoms with Crippen molar-refractivity contribution >= 4 is 11.3 Å². The topological polar surface area (TPSA) is 21.3 Å². The van der Waals surface area contributed by atoms with Crippen molar-refractivity contribution in [1.82, 2.24) is 5.32 Å². The van der Waals surface area contributed by atoms with Crippen LogP contribution in [0, 0.1) is 0 Å². The molecule has 0 spiro atoms. The van der Waals surface area contributed by atoms with Crippen LogP contribution in [-0.2, 0) is 17.6 Å². The molecule has 1 fully saturated rings. The molecule has 1 aromatic rings. The molecule has 21 heavy (non-hydrogen) atoms. The van der Waals surface area contributed by atoms with Gasteiger partial charge < -0.3 is 10.1 Å². The highest BCUT2D eigenvalue weighted by atomic mass is 32.1. The van der Waals surface area contributed by atoms with Gasteiger partial charge in [-0.25, -0.2) is 0 Å². The lowest BCUT2D eigenvalue weighted by Crippen LogP contribution is -2.52. The molecule has 3 heteroatoms. The summed E-state index contributed by atoms with van der Waals surface area (Å²) < 4.78 is 6.35. The minimum absolute atomic E-state index is 0.0381. The average Bonchev–Trinajstić information content (AvgIpc) is 2.83. The lowest BCUT2D eigenvalue weighted by molar-refractivity contribution is -0.0751. The molecule has 1 heterocycles. The van der Waals surface area contributed by atoms with Crippen molar-refractivity contribution in [3.63, 3.8) is 0 Å². The van der Waals surface area contributed by atoms with Gasteiger partial charge in [-0.2, -0.15) is 0 Å². The Morgan fingerprint density at radius 1 is 1.14 bits per heavy atom. The minimum atomic E-state index is 0.0381. The SMILES string of the molecule is CCOC1(C(Cc2ccc(CC)s2)NC)CCCCCC1. The highest BCUT2D eigenvalue weighted by molar-refractivity contribution is 7.11. The standard InChI is InChI=1S/C18H31NOS/c1-4-15-10-11-16(21-15)14-17(19-3)18(20-5-2)12-8-6-7-9-13-18/h10-11,17,19H,4-9,12-14H2,1-3H3. The van der Waals surface area contributed by atoms with E-state index in [0.717, 1.165) is 19.4 Å². The van der Waals surface area contributed by atoms with E-state index in [4.69, 9.17) is 4.74 Å². The fourth-order valence-electron chi connectivity index (χ4n) is 3.68. The number of ether oxygens (including phenoxy) is 1. The quantitative estimate of drug-likeness (QED) is 0.745. The van der Waals surface area contributed by atoms with E-state index in [0.29, 0.717) is 6.04 Å². The predicted octanol–water partition coefficient (Wildman–Crippen LogP) is 4.57. The van der Waals surface area contributed by atoms with Crippen LogP contribution < -0.4 is 5.32 Å². The van der Waals surface area contributed by atoms with Crippen LogP contribution in [0.4, 0.5) is 0 Å². The molecule has 0 radical (unpaired) electrons. The van der Waals surface area contributed by atoms with Gasteiger partial charge in [0.15, 0.2) is 0 Å². The number of likely N-dealkylation sites (N-methyl/N-ethyl adjacent to an activating group) is 1. The molecule has 1 atom stereocenters. The van der Waals surface area contributed by atoms with Gasteiger partial charge in [0.1, 0.15) is 0 Å². The van der Waals surface area contributed by atoms with Gasteiger partial charge in [-0.15, -0.1) is 11.3 Å². The van der Waals surface area contributed by atoms with Crippen LogP contribution in [0.5, 0.6) is 0 Å². The first kappa shape index (κ1) is 17.0. The summed E-state index contributed by atoms with van der Waals surface area (Å²) in [5.41, 5.74) is 0.0381. The van der Waals surface area contributed by atoms with E-state index in [1.807, 2.05) is 11.3 Å². The fourth-order valence-corrected chi connectivity index (χ4v) is 4.69. The van der Waals surface area contributed by atoms with E-state index in [-0.39, 0.29) is 5.60 Å². The summed E-state index contributed by atoms with van der Waals surface area (Å²) in [7, 11) is 2.10. The molecule has 0 amide bonds. The first-order valence-electron chi connectivity index (χ1n) is 8.63. The van der Waals surface area contributed by atoms with Crippen LogP contribution in [0.1, 0.15) is 62.1 Å². The summed E-state index contributed by atoms with van der Waals surface area (Å²) in [6.45, 7) is 5.20. The van der Waals surface area contributed by atoms with Crippen LogP contribution in [0.25, 0.3) is 0 Å². The normalized spacial score (nSPS) is 20.1. The van der Waals surface area contributed by atoms with Crippen molar-refractivity contribution < 1.29 is 4.74 Å². The molecule has 1 N–H and O–H groups in total. The summed E-state index contributed by atoms with van der Waals surface area (Å²) in [5.74, 6) is 0. The van der Waals surface area contributed by atoms with Gasteiger partial charge in [-0.3, -0.25) is 0 Å². The summed E-state index contributed by atoms with van der Waals surface area (Å²) in [6.07, 6.45) is 10.0. The minimum Gasteiger partial charge on any atom is -0.374 e. The molecule has 1 unspecified atom stereocenters.